The molecule has 156 valence electrons. The van der Waals surface area contributed by atoms with Crippen molar-refractivity contribution >= 4 is 28.6 Å². The van der Waals surface area contributed by atoms with Crippen LogP contribution in [0.5, 0.6) is 5.75 Å². The fraction of sp³-hybridized carbons (Fsp3) is 0.364. The van der Waals surface area contributed by atoms with E-state index < -0.39 is 0 Å². The van der Waals surface area contributed by atoms with Crippen molar-refractivity contribution in [2.75, 3.05) is 5.75 Å². The first kappa shape index (κ1) is 20.4. The second-order valence-corrected chi connectivity index (χ2v) is 8.41. The summed E-state index contributed by atoms with van der Waals surface area (Å²) in [7, 11) is 0. The van der Waals surface area contributed by atoms with E-state index in [1.807, 2.05) is 30.3 Å². The van der Waals surface area contributed by atoms with Gasteiger partial charge in [0.05, 0.1) is 17.0 Å². The van der Waals surface area contributed by atoms with Crippen LogP contribution in [0.15, 0.2) is 58.7 Å². The highest BCUT2D eigenvalue weighted by molar-refractivity contribution is 7.99. The minimum atomic E-state index is -0.154. The van der Waals surface area contributed by atoms with Crippen LogP contribution >= 0.6 is 11.8 Å². The number of para-hydroxylation sites is 1. The molecule has 1 amide bonds. The van der Waals surface area contributed by atoms with Crippen molar-refractivity contribution in [3.05, 3.63) is 59.1 Å². The zero-order valence-electron chi connectivity index (χ0n) is 16.5. The average Bonchev–Trinajstić information content (AvgIpc) is 2.76. The third-order valence-corrected chi connectivity index (χ3v) is 6.03. The number of ether oxygens (including phenoxy) is 1. The van der Waals surface area contributed by atoms with Gasteiger partial charge < -0.3 is 15.0 Å². The lowest BCUT2D eigenvalue weighted by molar-refractivity contribution is -0.121. The summed E-state index contributed by atoms with van der Waals surface area (Å²) in [6.07, 6.45) is 7.68. The van der Waals surface area contributed by atoms with Gasteiger partial charge in [-0.2, -0.15) is 0 Å². The molecule has 1 aliphatic carbocycles. The number of fused-ring (bicyclic) bond motifs is 1. The second-order valence-electron chi connectivity index (χ2n) is 7.33. The number of carbonyl (C=O) groups is 1. The van der Waals surface area contributed by atoms with Crippen LogP contribution in [-0.4, -0.2) is 38.8 Å². The number of nitrogens with one attached hydrogen (secondary N) is 2. The summed E-state index contributed by atoms with van der Waals surface area (Å²) in [5, 5.41) is 4.23. The summed E-state index contributed by atoms with van der Waals surface area (Å²) < 4.78 is 5.97. The van der Waals surface area contributed by atoms with E-state index in [2.05, 4.69) is 20.3 Å². The van der Waals surface area contributed by atoms with Gasteiger partial charge in [-0.15, -0.1) is 0 Å². The Hall–Kier alpha value is -2.87. The zero-order valence-corrected chi connectivity index (χ0v) is 17.4. The van der Waals surface area contributed by atoms with E-state index in [0.29, 0.717) is 28.2 Å². The number of aromatic nitrogens is 3. The second kappa shape index (κ2) is 9.75. The van der Waals surface area contributed by atoms with Crippen LogP contribution in [0.4, 0.5) is 0 Å². The molecule has 0 saturated heterocycles. The van der Waals surface area contributed by atoms with E-state index in [0.717, 1.165) is 31.4 Å². The summed E-state index contributed by atoms with van der Waals surface area (Å²) in [6, 6.07) is 11.2. The molecule has 7 nitrogen and oxygen atoms in total. The molecule has 2 N–H and O–H groups in total. The number of H-pyrrole nitrogens is 1. The number of carbonyl (C=O) groups excluding carboxylic acids is 1. The number of amides is 1. The average molecular weight is 425 g/mol. The molecule has 3 aromatic rings. The monoisotopic (exact) mass is 424 g/mol. The van der Waals surface area contributed by atoms with Gasteiger partial charge in [0, 0.05) is 30.6 Å². The summed E-state index contributed by atoms with van der Waals surface area (Å²) in [5.41, 5.74) is 0.511. The van der Waals surface area contributed by atoms with Crippen LogP contribution in [0.3, 0.4) is 0 Å². The largest absolute Gasteiger partial charge is 0.490 e. The molecule has 0 unspecified atom stereocenters. The quantitative estimate of drug-likeness (QED) is 0.446. The predicted octanol–water partition coefficient (Wildman–Crippen LogP) is 3.31. The van der Waals surface area contributed by atoms with Crippen LogP contribution in [0.2, 0.25) is 0 Å². The Morgan fingerprint density at radius 2 is 1.90 bits per heavy atom. The Morgan fingerprint density at radius 3 is 2.70 bits per heavy atom. The van der Waals surface area contributed by atoms with E-state index in [4.69, 9.17) is 4.74 Å². The Kier molecular flexibility index (Phi) is 6.63. The van der Waals surface area contributed by atoms with E-state index in [-0.39, 0.29) is 23.6 Å². The maximum absolute atomic E-state index is 12.3. The molecule has 1 saturated carbocycles. The van der Waals surface area contributed by atoms with Crippen molar-refractivity contribution in [2.24, 2.45) is 0 Å². The van der Waals surface area contributed by atoms with Gasteiger partial charge in [-0.3, -0.25) is 14.6 Å². The minimum absolute atomic E-state index is 0.0316. The van der Waals surface area contributed by atoms with E-state index in [1.54, 1.807) is 18.5 Å². The molecule has 0 aliphatic heterocycles. The minimum Gasteiger partial charge on any atom is -0.490 e. The topological polar surface area (TPSA) is 97.0 Å². The van der Waals surface area contributed by atoms with Gasteiger partial charge in [0.2, 0.25) is 5.91 Å². The molecule has 0 radical (unpaired) electrons. The lowest BCUT2D eigenvalue weighted by Crippen LogP contribution is -2.39. The van der Waals surface area contributed by atoms with Crippen LogP contribution in [-0.2, 0) is 4.79 Å². The number of rotatable bonds is 7. The third kappa shape index (κ3) is 5.38. The molecule has 0 spiro atoms. The predicted molar refractivity (Wildman–Crippen MR) is 117 cm³/mol. The van der Waals surface area contributed by atoms with Gasteiger partial charge in [-0.25, -0.2) is 4.98 Å². The van der Waals surface area contributed by atoms with Crippen LogP contribution in [0.25, 0.3) is 10.9 Å². The van der Waals surface area contributed by atoms with Crippen LogP contribution < -0.4 is 15.6 Å². The van der Waals surface area contributed by atoms with Gasteiger partial charge in [-0.1, -0.05) is 23.9 Å². The molecule has 1 aliphatic rings. The molecule has 2 aromatic heterocycles. The number of thioether (sulfide) groups is 1. The smallest absolute Gasteiger partial charge is 0.259 e. The highest BCUT2D eigenvalue weighted by Gasteiger charge is 2.23. The fourth-order valence-electron chi connectivity index (χ4n) is 3.61. The maximum atomic E-state index is 12.3. The number of benzene rings is 1. The van der Waals surface area contributed by atoms with E-state index in [9.17, 15) is 9.59 Å². The molecule has 4 rings (SSSR count). The maximum Gasteiger partial charge on any atom is 0.259 e. The molecule has 1 fully saturated rings. The first-order chi connectivity index (χ1) is 14.7. The normalized spacial score (nSPS) is 18.8. The third-order valence-electron chi connectivity index (χ3n) is 5.15. The number of hydrogen-bond acceptors (Lipinski definition) is 6. The summed E-state index contributed by atoms with van der Waals surface area (Å²) >= 11 is 1.39. The fourth-order valence-corrected chi connectivity index (χ4v) is 4.42. The lowest BCUT2D eigenvalue weighted by Gasteiger charge is -2.29. The Labute approximate surface area is 178 Å². The molecule has 1 aromatic carbocycles. The molecule has 0 bridgehead atoms. The van der Waals surface area contributed by atoms with Gasteiger partial charge in [-0.05, 0) is 49.9 Å². The summed E-state index contributed by atoms with van der Waals surface area (Å²) in [6.45, 7) is 0. The Morgan fingerprint density at radius 1 is 1.13 bits per heavy atom. The number of pyridine rings is 1. The van der Waals surface area contributed by atoms with Crippen molar-refractivity contribution in [3.8, 4) is 5.75 Å². The molecule has 2 heterocycles. The molecular formula is C22H24N4O3S. The first-order valence-corrected chi connectivity index (χ1v) is 11.1. The van der Waals surface area contributed by atoms with Crippen molar-refractivity contribution in [1.82, 2.24) is 20.3 Å². The molecular weight excluding hydrogens is 400 g/mol. The van der Waals surface area contributed by atoms with Crippen molar-refractivity contribution < 1.29 is 9.53 Å². The molecule has 0 atom stereocenters. The Bertz CT molecular complexity index is 1050. The van der Waals surface area contributed by atoms with Gasteiger partial charge >= 0.3 is 0 Å². The number of hydrogen-bond donors (Lipinski definition) is 2. The highest BCUT2D eigenvalue weighted by Crippen LogP contribution is 2.23. The van der Waals surface area contributed by atoms with Crippen molar-refractivity contribution in [2.45, 2.75) is 49.4 Å². The van der Waals surface area contributed by atoms with Crippen molar-refractivity contribution in [1.29, 1.82) is 0 Å². The lowest BCUT2D eigenvalue weighted by atomic mass is 9.93. The van der Waals surface area contributed by atoms with Gasteiger partial charge in [0.15, 0.2) is 5.16 Å². The van der Waals surface area contributed by atoms with Crippen LogP contribution in [0, 0.1) is 0 Å². The standard InChI is InChI=1S/C22H24N4O3S/c27-20(11-14-30-22-25-19-4-2-1-3-18(19)21(28)26-22)24-15-5-7-16(8-6-15)29-17-9-12-23-13-10-17/h1-4,9-10,12-13,15-16H,5-8,11,14H2,(H,24,27)(H,25,26,28). The van der Waals surface area contributed by atoms with Crippen molar-refractivity contribution in [3.63, 3.8) is 0 Å². The SMILES string of the molecule is O=C(CCSc1nc2ccccc2c(=O)[nH]1)NC1CCC(Oc2ccncc2)CC1. The Balaban J connectivity index is 1.19. The van der Waals surface area contributed by atoms with Gasteiger partial charge in [0.1, 0.15) is 5.75 Å². The zero-order chi connectivity index (χ0) is 20.8. The van der Waals surface area contributed by atoms with E-state index in [1.165, 1.54) is 11.8 Å². The first-order valence-electron chi connectivity index (χ1n) is 10.2. The summed E-state index contributed by atoms with van der Waals surface area (Å²) in [4.78, 5) is 35.6. The number of nitrogens with zero attached hydrogens (tertiary/aromatic N) is 2. The number of aromatic amines is 1. The van der Waals surface area contributed by atoms with Crippen LogP contribution in [0.1, 0.15) is 32.1 Å². The van der Waals surface area contributed by atoms with E-state index >= 15 is 0 Å². The highest BCUT2D eigenvalue weighted by atomic mass is 32.2. The summed E-state index contributed by atoms with van der Waals surface area (Å²) in [5.74, 6) is 1.44. The molecule has 30 heavy (non-hydrogen) atoms. The van der Waals surface area contributed by atoms with Gasteiger partial charge in [0.25, 0.3) is 5.56 Å². The molecule has 8 heteroatoms.